The summed E-state index contributed by atoms with van der Waals surface area (Å²) < 4.78 is 17.1. The molecule has 43 heavy (non-hydrogen) atoms. The first-order valence-electron chi connectivity index (χ1n) is 18.0. The van der Waals surface area contributed by atoms with Crippen LogP contribution in [0.5, 0.6) is 0 Å². The predicted molar refractivity (Wildman–Crippen MR) is 177 cm³/mol. The molecule has 0 spiro atoms. The zero-order chi connectivity index (χ0) is 31.0. The molecular formula is C38H65NO4. The fourth-order valence-corrected chi connectivity index (χ4v) is 9.87. The smallest absolute Gasteiger partial charge is 0.407 e. The number of carbonyl (C=O) groups is 1. The van der Waals surface area contributed by atoms with Gasteiger partial charge in [0.05, 0.1) is 26.4 Å². The number of rotatable bonds is 15. The molecule has 246 valence electrons. The van der Waals surface area contributed by atoms with Crippen molar-refractivity contribution < 1.29 is 19.0 Å². The molecule has 0 aromatic carbocycles. The van der Waals surface area contributed by atoms with E-state index >= 15 is 0 Å². The van der Waals surface area contributed by atoms with Crippen LogP contribution in [-0.2, 0) is 14.2 Å². The monoisotopic (exact) mass is 599 g/mol. The Kier molecular flexibility index (Phi) is 12.7. The van der Waals surface area contributed by atoms with Crippen molar-refractivity contribution in [1.29, 1.82) is 0 Å². The summed E-state index contributed by atoms with van der Waals surface area (Å²) in [6, 6.07) is 0. The summed E-state index contributed by atoms with van der Waals surface area (Å²) in [4.78, 5) is 12.6. The number of nitrogens with one attached hydrogen (secondary N) is 1. The average Bonchev–Trinajstić information content (AvgIpc) is 3.33. The van der Waals surface area contributed by atoms with Crippen LogP contribution in [0.25, 0.3) is 0 Å². The highest BCUT2D eigenvalue weighted by Gasteiger charge is 2.59. The minimum atomic E-state index is -0.308. The lowest BCUT2D eigenvalue weighted by molar-refractivity contribution is -0.0581. The molecule has 0 aliphatic heterocycles. The lowest BCUT2D eigenvalue weighted by Gasteiger charge is -2.58. The van der Waals surface area contributed by atoms with Gasteiger partial charge in [0.2, 0.25) is 0 Å². The molecule has 5 heteroatoms. The Bertz CT molecular complexity index is 958. The van der Waals surface area contributed by atoms with Crippen molar-refractivity contribution in [2.45, 2.75) is 132 Å². The molecule has 0 bridgehead atoms. The summed E-state index contributed by atoms with van der Waals surface area (Å²) in [5.74, 6) is 5.11. The first-order valence-corrected chi connectivity index (χ1v) is 18.0. The van der Waals surface area contributed by atoms with E-state index in [9.17, 15) is 4.79 Å². The largest absolute Gasteiger partial charge is 0.446 e. The van der Waals surface area contributed by atoms with Crippen molar-refractivity contribution in [2.75, 3.05) is 33.0 Å². The number of carbonyl (C=O) groups excluding carboxylic acids is 1. The summed E-state index contributed by atoms with van der Waals surface area (Å²) in [5.41, 5.74) is 3.72. The van der Waals surface area contributed by atoms with E-state index in [-0.39, 0.29) is 17.6 Å². The van der Waals surface area contributed by atoms with E-state index in [1.807, 2.05) is 0 Å². The van der Waals surface area contributed by atoms with E-state index in [4.69, 9.17) is 14.2 Å². The summed E-state index contributed by atoms with van der Waals surface area (Å²) in [7, 11) is 0. The van der Waals surface area contributed by atoms with Crippen molar-refractivity contribution in [3.8, 4) is 0 Å². The SMILES string of the molecule is C/C=C(\C)CCOCCOCCNC(=O)OC1CC[C@@]2(C)C(=CC[C@H]3[C@@H]4CC[C@H]([C@H](C)CCCC(C)C)[C@@]4(C)CC[C@@H]32)C1. The van der Waals surface area contributed by atoms with Crippen LogP contribution in [0.15, 0.2) is 23.3 Å². The van der Waals surface area contributed by atoms with Gasteiger partial charge in [-0.15, -0.1) is 0 Å². The molecule has 8 atom stereocenters. The van der Waals surface area contributed by atoms with Crippen LogP contribution in [0.1, 0.15) is 126 Å². The van der Waals surface area contributed by atoms with Gasteiger partial charge in [0, 0.05) is 13.0 Å². The molecule has 0 aromatic heterocycles. The van der Waals surface area contributed by atoms with Gasteiger partial charge < -0.3 is 19.5 Å². The highest BCUT2D eigenvalue weighted by molar-refractivity contribution is 5.67. The number of fused-ring (bicyclic) bond motifs is 5. The Morgan fingerprint density at radius 3 is 2.51 bits per heavy atom. The van der Waals surface area contributed by atoms with Gasteiger partial charge in [-0.05, 0) is 112 Å². The Hall–Kier alpha value is -1.33. The highest BCUT2D eigenvalue weighted by Crippen LogP contribution is 2.67. The van der Waals surface area contributed by atoms with E-state index in [2.05, 4.69) is 65.9 Å². The summed E-state index contributed by atoms with van der Waals surface area (Å²) in [5, 5.41) is 2.89. The second-order valence-electron chi connectivity index (χ2n) is 15.6. The molecule has 0 radical (unpaired) electrons. The van der Waals surface area contributed by atoms with Gasteiger partial charge in [-0.25, -0.2) is 4.79 Å². The maximum absolute atomic E-state index is 12.6. The Labute approximate surface area is 264 Å². The normalized spacial score (nSPS) is 34.7. The van der Waals surface area contributed by atoms with Gasteiger partial charge in [0.1, 0.15) is 6.10 Å². The third-order valence-electron chi connectivity index (χ3n) is 12.6. The molecule has 1 N–H and O–H groups in total. The predicted octanol–water partition coefficient (Wildman–Crippen LogP) is 9.51. The van der Waals surface area contributed by atoms with Crippen LogP contribution in [0.3, 0.4) is 0 Å². The number of alkyl carbamates (subject to hydrolysis) is 1. The van der Waals surface area contributed by atoms with Gasteiger partial charge in [-0.2, -0.15) is 0 Å². The van der Waals surface area contributed by atoms with Crippen LogP contribution in [0, 0.1) is 46.3 Å². The van der Waals surface area contributed by atoms with Crippen molar-refractivity contribution in [1.82, 2.24) is 5.32 Å². The third-order valence-corrected chi connectivity index (χ3v) is 12.6. The molecular weight excluding hydrogens is 534 g/mol. The summed E-state index contributed by atoms with van der Waals surface area (Å²) in [6.45, 7) is 19.5. The van der Waals surface area contributed by atoms with Crippen molar-refractivity contribution in [3.63, 3.8) is 0 Å². The van der Waals surface area contributed by atoms with Crippen LogP contribution in [0.2, 0.25) is 0 Å². The molecule has 5 nitrogen and oxygen atoms in total. The molecule has 4 aliphatic carbocycles. The molecule has 1 amide bonds. The molecule has 3 fully saturated rings. The van der Waals surface area contributed by atoms with Crippen LogP contribution in [0.4, 0.5) is 4.79 Å². The van der Waals surface area contributed by atoms with E-state index in [0.29, 0.717) is 31.8 Å². The topological polar surface area (TPSA) is 56.8 Å². The zero-order valence-electron chi connectivity index (χ0n) is 28.8. The Balaban J connectivity index is 1.20. The van der Waals surface area contributed by atoms with Gasteiger partial charge in [-0.1, -0.05) is 77.2 Å². The second-order valence-corrected chi connectivity index (χ2v) is 15.6. The number of ether oxygens (including phenoxy) is 3. The molecule has 0 heterocycles. The van der Waals surface area contributed by atoms with Gasteiger partial charge >= 0.3 is 6.09 Å². The zero-order valence-corrected chi connectivity index (χ0v) is 28.8. The lowest BCUT2D eigenvalue weighted by Crippen LogP contribution is -2.51. The van der Waals surface area contributed by atoms with E-state index < -0.39 is 0 Å². The first-order chi connectivity index (χ1) is 20.6. The van der Waals surface area contributed by atoms with Gasteiger partial charge in [-0.3, -0.25) is 0 Å². The van der Waals surface area contributed by atoms with Gasteiger partial charge in [0.15, 0.2) is 0 Å². The van der Waals surface area contributed by atoms with Crippen molar-refractivity contribution >= 4 is 6.09 Å². The maximum Gasteiger partial charge on any atom is 0.407 e. The molecule has 3 saturated carbocycles. The fourth-order valence-electron chi connectivity index (χ4n) is 9.87. The van der Waals surface area contributed by atoms with Crippen LogP contribution < -0.4 is 5.32 Å². The van der Waals surface area contributed by atoms with E-state index in [1.54, 1.807) is 5.57 Å². The first kappa shape index (κ1) is 34.5. The second kappa shape index (κ2) is 15.8. The molecule has 4 rings (SSSR count). The lowest BCUT2D eigenvalue weighted by atomic mass is 9.47. The number of amides is 1. The quantitative estimate of drug-likeness (QED) is 0.150. The molecule has 1 unspecified atom stereocenters. The average molecular weight is 600 g/mol. The summed E-state index contributed by atoms with van der Waals surface area (Å²) in [6.07, 6.45) is 19.5. The number of hydrogen-bond acceptors (Lipinski definition) is 4. The van der Waals surface area contributed by atoms with Gasteiger partial charge in [0.25, 0.3) is 0 Å². The standard InChI is InChI=1S/C38H65NO4/c1-8-28(4)18-22-41-24-25-42-23-21-39-36(40)43-31-16-19-37(6)30(26-31)12-13-32-34-15-14-33(29(5)11-9-10-27(2)3)38(34,7)20-17-35(32)37/h8,12,27,29,31-35H,9-11,13-26H2,1-7H3,(H,39,40)/b28-8+/t29-,31?,32+,33-,34+,35+,37+,38-/m1/s1. The number of hydrogen-bond donors (Lipinski definition) is 1. The number of allylic oxidation sites excluding steroid dienone is 2. The van der Waals surface area contributed by atoms with Crippen LogP contribution in [-0.4, -0.2) is 45.2 Å². The van der Waals surface area contributed by atoms with E-state index in [0.717, 1.165) is 67.8 Å². The molecule has 4 aliphatic rings. The fraction of sp³-hybridized carbons (Fsp3) is 0.868. The minimum absolute atomic E-state index is 0.0118. The molecule has 0 saturated heterocycles. The molecule has 0 aromatic rings. The Morgan fingerprint density at radius 2 is 1.77 bits per heavy atom. The third kappa shape index (κ3) is 8.48. The minimum Gasteiger partial charge on any atom is -0.446 e. The van der Waals surface area contributed by atoms with Crippen molar-refractivity contribution in [2.24, 2.45) is 46.3 Å². The van der Waals surface area contributed by atoms with Crippen molar-refractivity contribution in [3.05, 3.63) is 23.3 Å². The van der Waals surface area contributed by atoms with E-state index in [1.165, 1.54) is 56.9 Å². The highest BCUT2D eigenvalue weighted by atomic mass is 16.6. The summed E-state index contributed by atoms with van der Waals surface area (Å²) >= 11 is 0. The van der Waals surface area contributed by atoms with Crippen LogP contribution >= 0.6 is 0 Å². The Morgan fingerprint density at radius 1 is 1.00 bits per heavy atom. The maximum atomic E-state index is 12.6.